The van der Waals surface area contributed by atoms with Crippen molar-refractivity contribution in [2.45, 2.75) is 76.9 Å². The van der Waals surface area contributed by atoms with E-state index in [2.05, 4.69) is 5.32 Å². The molecule has 39 heavy (non-hydrogen) atoms. The highest BCUT2D eigenvalue weighted by Gasteiger charge is 2.30. The Kier molecular flexibility index (Phi) is 11.5. The molecule has 0 heterocycles. The molecule has 2 aromatic carbocycles. The number of anilines is 1. The molecule has 2 amide bonds. The molecular formula is C29H40ClN3O5S. The lowest BCUT2D eigenvalue weighted by Crippen LogP contribution is -2.51. The first-order valence-electron chi connectivity index (χ1n) is 13.6. The second-order valence-electron chi connectivity index (χ2n) is 10.0. The van der Waals surface area contributed by atoms with E-state index < -0.39 is 16.1 Å². The van der Waals surface area contributed by atoms with Gasteiger partial charge in [0.1, 0.15) is 11.8 Å². The summed E-state index contributed by atoms with van der Waals surface area (Å²) in [4.78, 5) is 28.6. The highest BCUT2D eigenvalue weighted by atomic mass is 35.5. The molecule has 1 N–H and O–H groups in total. The van der Waals surface area contributed by atoms with Crippen LogP contribution in [0.2, 0.25) is 5.02 Å². The summed E-state index contributed by atoms with van der Waals surface area (Å²) in [6.07, 6.45) is 7.24. The summed E-state index contributed by atoms with van der Waals surface area (Å²) in [5, 5.41) is 3.70. The van der Waals surface area contributed by atoms with Crippen LogP contribution in [0, 0.1) is 0 Å². The number of hydrogen-bond acceptors (Lipinski definition) is 5. The van der Waals surface area contributed by atoms with Crippen LogP contribution < -0.4 is 14.4 Å². The van der Waals surface area contributed by atoms with Gasteiger partial charge in [-0.05, 0) is 61.6 Å². The molecule has 0 aromatic heterocycles. The zero-order valence-electron chi connectivity index (χ0n) is 23.1. The quantitative estimate of drug-likeness (QED) is 0.355. The van der Waals surface area contributed by atoms with Gasteiger partial charge in [0.25, 0.3) is 0 Å². The summed E-state index contributed by atoms with van der Waals surface area (Å²) in [5.74, 6) is 0.249. The fourth-order valence-corrected chi connectivity index (χ4v) is 6.19. The van der Waals surface area contributed by atoms with E-state index in [1.807, 2.05) is 25.1 Å². The Balaban J connectivity index is 1.75. The third kappa shape index (κ3) is 8.86. The average molecular weight is 578 g/mol. The molecule has 0 aliphatic heterocycles. The van der Waals surface area contributed by atoms with E-state index in [9.17, 15) is 18.0 Å². The van der Waals surface area contributed by atoms with Crippen molar-refractivity contribution in [1.29, 1.82) is 0 Å². The summed E-state index contributed by atoms with van der Waals surface area (Å²) in [5.41, 5.74) is 1.25. The maximum atomic E-state index is 13.6. The fourth-order valence-electron chi connectivity index (χ4n) is 5.03. The Bertz CT molecular complexity index is 1200. The van der Waals surface area contributed by atoms with Gasteiger partial charge in [-0.1, -0.05) is 56.0 Å². The van der Waals surface area contributed by atoms with E-state index in [-0.39, 0.29) is 43.8 Å². The molecule has 1 fully saturated rings. The van der Waals surface area contributed by atoms with E-state index in [0.29, 0.717) is 22.9 Å². The Hall–Kier alpha value is -2.78. The number of ether oxygens (including phenoxy) is 1. The van der Waals surface area contributed by atoms with Gasteiger partial charge in [-0.2, -0.15) is 0 Å². The Morgan fingerprint density at radius 1 is 1.08 bits per heavy atom. The summed E-state index contributed by atoms with van der Waals surface area (Å²) in [7, 11) is -2.03. The minimum Gasteiger partial charge on any atom is -0.497 e. The van der Waals surface area contributed by atoms with Crippen LogP contribution in [0.15, 0.2) is 48.5 Å². The molecule has 1 atom stereocenters. The van der Waals surface area contributed by atoms with Crippen molar-refractivity contribution in [3.8, 4) is 5.75 Å². The van der Waals surface area contributed by atoms with Crippen LogP contribution in [0.25, 0.3) is 0 Å². The number of nitrogens with zero attached hydrogens (tertiary/aromatic N) is 2. The molecule has 2 aromatic rings. The van der Waals surface area contributed by atoms with E-state index in [0.717, 1.165) is 37.5 Å². The van der Waals surface area contributed by atoms with Gasteiger partial charge in [0.2, 0.25) is 21.8 Å². The highest BCUT2D eigenvalue weighted by Crippen LogP contribution is 2.24. The number of nitrogens with one attached hydrogen (secondary N) is 1. The van der Waals surface area contributed by atoms with Crippen LogP contribution in [0.1, 0.15) is 63.9 Å². The number of carbonyl (C=O) groups is 2. The van der Waals surface area contributed by atoms with Crippen LogP contribution in [0.3, 0.4) is 0 Å². The lowest BCUT2D eigenvalue weighted by molar-refractivity contribution is -0.141. The van der Waals surface area contributed by atoms with Gasteiger partial charge >= 0.3 is 0 Å². The first kappa shape index (κ1) is 30.8. The molecule has 214 valence electrons. The lowest BCUT2D eigenvalue weighted by atomic mass is 9.95. The number of rotatable bonds is 13. The molecule has 0 bridgehead atoms. The van der Waals surface area contributed by atoms with Crippen molar-refractivity contribution >= 4 is 39.1 Å². The molecule has 0 unspecified atom stereocenters. The molecule has 8 nitrogen and oxygen atoms in total. The summed E-state index contributed by atoms with van der Waals surface area (Å²) in [6.45, 7) is 2.22. The van der Waals surface area contributed by atoms with Crippen molar-refractivity contribution in [2.24, 2.45) is 0 Å². The third-order valence-corrected chi connectivity index (χ3v) is 8.71. The van der Waals surface area contributed by atoms with E-state index in [1.165, 1.54) is 10.7 Å². The number of methoxy groups -OCH3 is 1. The molecule has 1 saturated carbocycles. The second-order valence-corrected chi connectivity index (χ2v) is 12.3. The first-order valence-corrected chi connectivity index (χ1v) is 15.8. The predicted octanol–water partition coefficient (Wildman–Crippen LogP) is 5.15. The Labute approximate surface area is 237 Å². The van der Waals surface area contributed by atoms with Gasteiger partial charge in [0, 0.05) is 30.6 Å². The zero-order chi connectivity index (χ0) is 28.4. The molecule has 3 rings (SSSR count). The maximum absolute atomic E-state index is 13.6. The maximum Gasteiger partial charge on any atom is 0.243 e. The van der Waals surface area contributed by atoms with Gasteiger partial charge in [0.15, 0.2) is 0 Å². The van der Waals surface area contributed by atoms with Crippen molar-refractivity contribution < 1.29 is 22.7 Å². The number of benzene rings is 2. The zero-order valence-corrected chi connectivity index (χ0v) is 24.6. The van der Waals surface area contributed by atoms with Crippen molar-refractivity contribution in [3.63, 3.8) is 0 Å². The van der Waals surface area contributed by atoms with Gasteiger partial charge in [-0.3, -0.25) is 13.9 Å². The van der Waals surface area contributed by atoms with Crippen LogP contribution in [-0.4, -0.2) is 57.1 Å². The molecule has 1 aliphatic carbocycles. The molecule has 0 radical (unpaired) electrons. The van der Waals surface area contributed by atoms with Gasteiger partial charge in [-0.15, -0.1) is 0 Å². The number of hydrogen-bond donors (Lipinski definition) is 1. The Morgan fingerprint density at radius 2 is 1.74 bits per heavy atom. The van der Waals surface area contributed by atoms with Crippen molar-refractivity contribution in [1.82, 2.24) is 10.2 Å². The number of amides is 2. The van der Waals surface area contributed by atoms with Crippen LogP contribution >= 0.6 is 11.6 Å². The van der Waals surface area contributed by atoms with Gasteiger partial charge in [-0.25, -0.2) is 8.42 Å². The second kappa shape index (κ2) is 14.6. The minimum absolute atomic E-state index is 0.0832. The van der Waals surface area contributed by atoms with E-state index >= 15 is 0 Å². The molecule has 0 saturated heterocycles. The molecule has 1 aliphatic rings. The lowest BCUT2D eigenvalue weighted by Gasteiger charge is -2.33. The van der Waals surface area contributed by atoms with Crippen molar-refractivity contribution in [3.05, 3.63) is 59.1 Å². The summed E-state index contributed by atoms with van der Waals surface area (Å²) >= 11 is 6.42. The molecule has 10 heteroatoms. The van der Waals surface area contributed by atoms with Gasteiger partial charge < -0.3 is 15.0 Å². The number of carbonyl (C=O) groups excluding carboxylic acids is 2. The normalized spacial score (nSPS) is 14.9. The first-order chi connectivity index (χ1) is 18.6. The number of halogens is 1. The SMILES string of the molecule is CC[C@H](C(=O)NC1CCCCC1)N(Cc1ccccc1Cl)C(=O)CCCN(c1ccc(OC)cc1)S(C)(=O)=O. The minimum atomic E-state index is -3.57. The smallest absolute Gasteiger partial charge is 0.243 e. The van der Waals surface area contributed by atoms with E-state index in [4.69, 9.17) is 16.3 Å². The molecule has 0 spiro atoms. The number of sulfonamides is 1. The fraction of sp³-hybridized carbons (Fsp3) is 0.517. The van der Waals surface area contributed by atoms with Crippen LogP contribution in [0.4, 0.5) is 5.69 Å². The summed E-state index contributed by atoms with van der Waals surface area (Å²) < 4.78 is 31.5. The average Bonchev–Trinajstić information content (AvgIpc) is 2.92. The standard InChI is InChI=1S/C29H40ClN3O5S/c1-4-27(29(35)31-23-12-6-5-7-13-23)32(21-22-11-8-9-14-26(22)30)28(34)15-10-20-33(39(3,36)37)24-16-18-25(38-2)19-17-24/h8-9,11,14,16-19,23,27H,4-7,10,12-13,15,20-21H2,1-3H3,(H,31,35)/t27-/m1/s1. The van der Waals surface area contributed by atoms with Crippen molar-refractivity contribution in [2.75, 3.05) is 24.2 Å². The predicted molar refractivity (Wildman–Crippen MR) is 156 cm³/mol. The monoisotopic (exact) mass is 577 g/mol. The topological polar surface area (TPSA) is 96.0 Å². The molecular weight excluding hydrogens is 538 g/mol. The van der Waals surface area contributed by atoms with E-state index in [1.54, 1.807) is 42.3 Å². The highest BCUT2D eigenvalue weighted by molar-refractivity contribution is 7.92. The third-order valence-electron chi connectivity index (χ3n) is 7.15. The van der Waals surface area contributed by atoms with Crippen LogP contribution in [-0.2, 0) is 26.2 Å². The largest absolute Gasteiger partial charge is 0.497 e. The Morgan fingerprint density at radius 3 is 2.33 bits per heavy atom. The van der Waals surface area contributed by atoms with Crippen LogP contribution in [0.5, 0.6) is 5.75 Å². The summed E-state index contributed by atoms with van der Waals surface area (Å²) in [6, 6.07) is 13.5. The van der Waals surface area contributed by atoms with Gasteiger partial charge in [0.05, 0.1) is 19.1 Å².